The highest BCUT2D eigenvalue weighted by Crippen LogP contribution is 2.34. The van der Waals surface area contributed by atoms with E-state index in [0.717, 1.165) is 29.5 Å². The zero-order chi connectivity index (χ0) is 21.2. The van der Waals surface area contributed by atoms with Gasteiger partial charge in [0.15, 0.2) is 0 Å². The number of carbonyl (C=O) groups is 2. The lowest BCUT2D eigenvalue weighted by atomic mass is 10.1. The van der Waals surface area contributed by atoms with E-state index < -0.39 is 12.0 Å². The Kier molecular flexibility index (Phi) is 9.67. The summed E-state index contributed by atoms with van der Waals surface area (Å²) in [6.07, 6.45) is 9.40. The summed E-state index contributed by atoms with van der Waals surface area (Å²) in [7, 11) is 0. The zero-order valence-electron chi connectivity index (χ0n) is 17.1. The number of carbonyl (C=O) groups excluding carboxylic acids is 1. The van der Waals surface area contributed by atoms with Crippen molar-refractivity contribution in [1.82, 2.24) is 4.90 Å². The highest BCUT2D eigenvalue weighted by molar-refractivity contribution is 8.26. The summed E-state index contributed by atoms with van der Waals surface area (Å²) in [5.41, 5.74) is 0.848. The van der Waals surface area contributed by atoms with Crippen molar-refractivity contribution in [2.45, 2.75) is 64.8 Å². The average Bonchev–Trinajstić information content (AvgIpc) is 2.97. The van der Waals surface area contributed by atoms with Gasteiger partial charge in [0.25, 0.3) is 5.91 Å². The van der Waals surface area contributed by atoms with Gasteiger partial charge in [-0.25, -0.2) is 4.79 Å². The largest absolute Gasteiger partial charge is 0.494 e. The smallest absolute Gasteiger partial charge is 0.326 e. The van der Waals surface area contributed by atoms with Crippen molar-refractivity contribution >= 4 is 46.3 Å². The predicted octanol–water partition coefficient (Wildman–Crippen LogP) is 5.49. The number of carboxylic acid groups (broad SMARTS) is 1. The van der Waals surface area contributed by atoms with Gasteiger partial charge in [0.1, 0.15) is 16.1 Å². The number of thiocarbonyl (C=S) groups is 1. The van der Waals surface area contributed by atoms with Crippen molar-refractivity contribution in [3.8, 4) is 5.75 Å². The normalized spacial score (nSPS) is 16.5. The van der Waals surface area contributed by atoms with Gasteiger partial charge < -0.3 is 9.84 Å². The van der Waals surface area contributed by atoms with Crippen LogP contribution in [0.1, 0.15) is 64.4 Å². The fraction of sp³-hybridized carbons (Fsp3) is 0.500. The highest BCUT2D eigenvalue weighted by atomic mass is 32.2. The molecule has 1 unspecified atom stereocenters. The molecule has 1 saturated heterocycles. The number of carboxylic acids is 1. The van der Waals surface area contributed by atoms with E-state index in [1.807, 2.05) is 24.3 Å². The summed E-state index contributed by atoms with van der Waals surface area (Å²) >= 11 is 6.37. The van der Waals surface area contributed by atoms with Gasteiger partial charge in [-0.3, -0.25) is 9.69 Å². The summed E-state index contributed by atoms with van der Waals surface area (Å²) < 4.78 is 6.06. The molecule has 1 aliphatic rings. The zero-order valence-corrected chi connectivity index (χ0v) is 18.7. The van der Waals surface area contributed by atoms with Gasteiger partial charge >= 0.3 is 5.97 Å². The molecule has 1 fully saturated rings. The third-order valence-corrected chi connectivity index (χ3v) is 6.08. The maximum absolute atomic E-state index is 12.6. The van der Waals surface area contributed by atoms with Gasteiger partial charge in [-0.15, -0.1) is 0 Å². The van der Waals surface area contributed by atoms with Crippen LogP contribution in [0.15, 0.2) is 29.2 Å². The van der Waals surface area contributed by atoms with Crippen LogP contribution >= 0.6 is 24.0 Å². The first-order chi connectivity index (χ1) is 14.0. The number of ether oxygens (including phenoxy) is 1. The lowest BCUT2D eigenvalue weighted by Gasteiger charge is -2.21. The molecule has 7 heteroatoms. The molecule has 29 heavy (non-hydrogen) atoms. The molecule has 0 aromatic heterocycles. The molecule has 1 N–H and O–H groups in total. The SMILES string of the molecule is CCCCCCCCOc1ccc(C=C2SC(=S)N(C(CC)C(=O)O)C2=O)cc1. The number of nitrogens with zero attached hydrogens (tertiary/aromatic N) is 1. The average molecular weight is 436 g/mol. The van der Waals surface area contributed by atoms with Crippen molar-refractivity contribution in [3.05, 3.63) is 34.7 Å². The Morgan fingerprint density at radius 1 is 1.17 bits per heavy atom. The fourth-order valence-electron chi connectivity index (χ4n) is 3.10. The minimum atomic E-state index is -1.04. The van der Waals surface area contributed by atoms with Crippen molar-refractivity contribution in [2.75, 3.05) is 6.61 Å². The number of thioether (sulfide) groups is 1. The van der Waals surface area contributed by atoms with E-state index >= 15 is 0 Å². The first kappa shape index (κ1) is 23.4. The molecule has 1 aromatic carbocycles. The lowest BCUT2D eigenvalue weighted by molar-refractivity contribution is -0.145. The maximum Gasteiger partial charge on any atom is 0.326 e. The molecule has 0 bridgehead atoms. The number of unbranched alkanes of at least 4 members (excludes halogenated alkanes) is 5. The standard InChI is InChI=1S/C22H29NO4S2/c1-3-5-6-7-8-9-14-27-17-12-10-16(11-13-17)15-19-20(24)23(22(28)29-19)18(4-2)21(25)26/h10-13,15,18H,3-9,14H2,1-2H3,(H,25,26). The van der Waals surface area contributed by atoms with E-state index in [2.05, 4.69) is 6.92 Å². The molecular formula is C22H29NO4S2. The van der Waals surface area contributed by atoms with Crippen LogP contribution in [0.5, 0.6) is 5.75 Å². The van der Waals surface area contributed by atoms with Gasteiger partial charge in [0, 0.05) is 0 Å². The monoisotopic (exact) mass is 435 g/mol. The number of aliphatic carboxylic acids is 1. The summed E-state index contributed by atoms with van der Waals surface area (Å²) in [6.45, 7) is 4.65. The Morgan fingerprint density at radius 3 is 2.45 bits per heavy atom. The van der Waals surface area contributed by atoms with Crippen LogP contribution in [-0.4, -0.2) is 38.9 Å². The molecule has 1 aromatic rings. The van der Waals surface area contributed by atoms with E-state index in [1.165, 1.54) is 37.0 Å². The van der Waals surface area contributed by atoms with Gasteiger partial charge in [-0.05, 0) is 36.6 Å². The quantitative estimate of drug-likeness (QED) is 0.266. The molecule has 5 nitrogen and oxygen atoms in total. The Balaban J connectivity index is 1.90. The van der Waals surface area contributed by atoms with Crippen LogP contribution < -0.4 is 4.74 Å². The summed E-state index contributed by atoms with van der Waals surface area (Å²) in [4.78, 5) is 25.7. The van der Waals surface area contributed by atoms with E-state index in [-0.39, 0.29) is 10.2 Å². The van der Waals surface area contributed by atoms with Gasteiger partial charge in [0.2, 0.25) is 0 Å². The van der Waals surface area contributed by atoms with Crippen LogP contribution in [0, 0.1) is 0 Å². The van der Waals surface area contributed by atoms with E-state index in [0.29, 0.717) is 17.9 Å². The Bertz CT molecular complexity index is 746. The maximum atomic E-state index is 12.6. The number of hydrogen-bond donors (Lipinski definition) is 1. The van der Waals surface area contributed by atoms with Crippen molar-refractivity contribution in [1.29, 1.82) is 0 Å². The Hall–Kier alpha value is -1.86. The molecular weight excluding hydrogens is 406 g/mol. The summed E-state index contributed by atoms with van der Waals surface area (Å²) in [5.74, 6) is -0.588. The number of rotatable bonds is 12. The molecule has 0 radical (unpaired) electrons. The van der Waals surface area contributed by atoms with Crippen LogP contribution in [-0.2, 0) is 9.59 Å². The third kappa shape index (κ3) is 6.85. The topological polar surface area (TPSA) is 66.8 Å². The lowest BCUT2D eigenvalue weighted by Crippen LogP contribution is -2.43. The van der Waals surface area contributed by atoms with Crippen LogP contribution in [0.2, 0.25) is 0 Å². The van der Waals surface area contributed by atoms with E-state index in [1.54, 1.807) is 13.0 Å². The first-order valence-corrected chi connectivity index (χ1v) is 11.4. The molecule has 0 saturated carbocycles. The molecule has 158 valence electrons. The number of hydrogen-bond acceptors (Lipinski definition) is 5. The van der Waals surface area contributed by atoms with E-state index in [9.17, 15) is 14.7 Å². The molecule has 2 rings (SSSR count). The van der Waals surface area contributed by atoms with Crippen LogP contribution in [0.25, 0.3) is 6.08 Å². The minimum absolute atomic E-state index is 0.286. The van der Waals surface area contributed by atoms with Gasteiger partial charge in [-0.1, -0.05) is 82.1 Å². The van der Waals surface area contributed by atoms with Crippen molar-refractivity contribution < 1.29 is 19.4 Å². The molecule has 0 aliphatic carbocycles. The molecule has 1 amide bonds. The summed E-state index contributed by atoms with van der Waals surface area (Å²) in [6, 6.07) is 6.62. The van der Waals surface area contributed by atoms with Crippen LogP contribution in [0.3, 0.4) is 0 Å². The second kappa shape index (κ2) is 12.0. The Morgan fingerprint density at radius 2 is 1.83 bits per heavy atom. The minimum Gasteiger partial charge on any atom is -0.494 e. The summed E-state index contributed by atoms with van der Waals surface area (Å²) in [5, 5.41) is 9.32. The number of benzene rings is 1. The van der Waals surface area contributed by atoms with Crippen molar-refractivity contribution in [2.24, 2.45) is 0 Å². The third-order valence-electron chi connectivity index (χ3n) is 4.75. The first-order valence-electron chi connectivity index (χ1n) is 10.2. The van der Waals surface area contributed by atoms with E-state index in [4.69, 9.17) is 17.0 Å². The van der Waals surface area contributed by atoms with Gasteiger partial charge in [-0.2, -0.15) is 0 Å². The fourth-order valence-corrected chi connectivity index (χ4v) is 4.46. The Labute approximate surface area is 182 Å². The molecule has 1 aliphatic heterocycles. The second-order valence-electron chi connectivity index (χ2n) is 7.00. The van der Waals surface area contributed by atoms with Crippen LogP contribution in [0.4, 0.5) is 0 Å². The number of amides is 1. The predicted molar refractivity (Wildman–Crippen MR) is 122 cm³/mol. The second-order valence-corrected chi connectivity index (χ2v) is 8.68. The molecule has 1 atom stereocenters. The molecule has 1 heterocycles. The van der Waals surface area contributed by atoms with Gasteiger partial charge in [0.05, 0.1) is 11.5 Å². The van der Waals surface area contributed by atoms with Crippen molar-refractivity contribution in [3.63, 3.8) is 0 Å². The molecule has 0 spiro atoms. The highest BCUT2D eigenvalue weighted by Gasteiger charge is 2.39.